The van der Waals surface area contributed by atoms with Crippen molar-refractivity contribution in [3.05, 3.63) is 0 Å². The Morgan fingerprint density at radius 3 is 0.375 bits per heavy atom. The number of hydrogen-bond acceptors (Lipinski definition) is 30. The van der Waals surface area contributed by atoms with E-state index in [2.05, 4.69) is 0 Å². The molecule has 0 unspecified atom stereocenters. The Labute approximate surface area is 723 Å². The van der Waals surface area contributed by atoms with Gasteiger partial charge in [-0.1, -0.05) is 60.8 Å². The van der Waals surface area contributed by atoms with Crippen LogP contribution < -0.4 is 489 Å². The fourth-order valence-corrected chi connectivity index (χ4v) is 11.1. The first kappa shape index (κ1) is 97.2. The van der Waals surface area contributed by atoms with Crippen molar-refractivity contribution in [2.24, 2.45) is 0 Å². The van der Waals surface area contributed by atoms with E-state index in [1.54, 1.807) is 0 Å². The molecule has 0 aromatic heterocycles. The first-order valence-corrected chi connectivity index (χ1v) is 28.9. The summed E-state index contributed by atoms with van der Waals surface area (Å²) >= 11 is 0. The monoisotopic (exact) mass is 1290 g/mol. The van der Waals surface area contributed by atoms with Gasteiger partial charge >= 0.3 is 422 Å². The third-order valence-electron chi connectivity index (χ3n) is 6.65. The molecule has 0 aromatic carbocycles. The standard InChI is InChI=1S/C18H52N6O24P8.8K/c25-49(26,27)11-19(3-5-21(13-51(31,32)33)7-9-23(15-53(37,38)39)16-54(40,41)42)1-2-20(12-50(28,29)30)4-6-22(14-52(34,35)36)8-10-24(17-55(43,44)45)18-56(46,47)48;;;;;;;;/h1-18H2,(H2,25,26,27)(H2,28,29,30)(H2,31,32,33)(H2,34,35,36)(H2,37,38,39)(H2,40,41,42)(H2,43,44,45)(H2,46,47,48);;;;;;;;/q;8*+1/p-8. The Bertz CT molecular complexity index is 1500. The third kappa shape index (κ3) is 68.5. The van der Waals surface area contributed by atoms with Crippen LogP contribution in [0.3, 0.4) is 0 Å². The van der Waals surface area contributed by atoms with Crippen LogP contribution in [0.15, 0.2) is 0 Å². The van der Waals surface area contributed by atoms with Gasteiger partial charge in [-0.05, 0) is 0 Å². The van der Waals surface area contributed by atoms with Gasteiger partial charge in [-0.25, -0.2) is 0 Å². The summed E-state index contributed by atoms with van der Waals surface area (Å²) in [6, 6.07) is 0. The van der Waals surface area contributed by atoms with Crippen LogP contribution in [-0.2, 0) is 36.5 Å². The van der Waals surface area contributed by atoms with Gasteiger partial charge in [0, 0.05) is 116 Å². The summed E-state index contributed by atoms with van der Waals surface area (Å²) in [6.07, 6.45) is -11.6. The second-order valence-corrected chi connectivity index (χ2v) is 24.3. The van der Waals surface area contributed by atoms with Gasteiger partial charge in [0.25, 0.3) is 0 Å². The average molecular weight is 1290 g/mol. The van der Waals surface area contributed by atoms with Crippen molar-refractivity contribution in [3.8, 4) is 0 Å². The zero-order valence-electron chi connectivity index (χ0n) is 44.8. The van der Waals surface area contributed by atoms with Crippen molar-refractivity contribution in [1.82, 2.24) is 29.4 Å². The number of nitrogens with zero attached hydrogens (tertiary/aromatic N) is 6. The molecule has 0 saturated carbocycles. The van der Waals surface area contributed by atoms with Crippen molar-refractivity contribution in [2.75, 3.05) is 116 Å². The Morgan fingerprint density at radius 2 is 0.281 bits per heavy atom. The van der Waals surface area contributed by atoms with E-state index in [1.165, 1.54) is 0 Å². The van der Waals surface area contributed by atoms with Crippen LogP contribution in [-0.4, -0.2) is 145 Å². The second-order valence-electron chi connectivity index (χ2n) is 12.3. The summed E-state index contributed by atoms with van der Waals surface area (Å²) < 4.78 is 91.0. The molecule has 0 saturated heterocycles. The number of rotatable bonds is 31. The Balaban J connectivity index is -0.000000126. The molecule has 0 aliphatic rings. The molecule has 0 radical (unpaired) electrons. The van der Waals surface area contributed by atoms with Crippen LogP contribution in [0.5, 0.6) is 0 Å². The summed E-state index contributed by atoms with van der Waals surface area (Å²) in [6.45, 7) is -7.35. The topological polar surface area (TPSA) is 525 Å². The molecule has 0 atom stereocenters. The molecular weight excluding hydrogens is 1240 g/mol. The molecule has 0 amide bonds. The molecular formula is C18H44K8N6O24P8. The predicted molar refractivity (Wildman–Crippen MR) is 168 cm³/mol. The molecule has 338 valence electrons. The molecule has 0 fully saturated rings. The van der Waals surface area contributed by atoms with Crippen LogP contribution in [0, 0.1) is 0 Å². The minimum absolute atomic E-state index is 0. The van der Waals surface area contributed by atoms with Crippen molar-refractivity contribution >= 4 is 60.8 Å². The minimum atomic E-state index is -5.52. The smallest absolute Gasteiger partial charge is 0.810 e. The van der Waals surface area contributed by atoms with Gasteiger partial charge in [0.05, 0.1) is 0 Å². The maximum absolute atomic E-state index is 11.6. The van der Waals surface area contributed by atoms with Gasteiger partial charge in [-0.15, -0.1) is 0 Å². The van der Waals surface area contributed by atoms with E-state index in [-0.39, 0.29) is 422 Å². The van der Waals surface area contributed by atoms with Gasteiger partial charge in [0.15, 0.2) is 0 Å². The van der Waals surface area contributed by atoms with Gasteiger partial charge < -0.3 is 115 Å². The Morgan fingerprint density at radius 1 is 0.203 bits per heavy atom. The van der Waals surface area contributed by atoms with Crippen LogP contribution in [0.2, 0.25) is 0 Å². The molecule has 0 rings (SSSR count). The van der Waals surface area contributed by atoms with E-state index in [1.807, 2.05) is 0 Å². The average Bonchev–Trinajstić information content (AvgIpc) is 2.87. The van der Waals surface area contributed by atoms with Crippen LogP contribution in [0.4, 0.5) is 0 Å². The van der Waals surface area contributed by atoms with Crippen molar-refractivity contribution < 1.29 is 537 Å². The third-order valence-corrected chi connectivity index (χ3v) is 12.6. The quantitative estimate of drug-likeness (QED) is 0.0459. The Kier molecular flexibility index (Phi) is 70.4. The van der Waals surface area contributed by atoms with Gasteiger partial charge in [0.2, 0.25) is 0 Å². The van der Waals surface area contributed by atoms with Crippen molar-refractivity contribution in [3.63, 3.8) is 0 Å². The first-order chi connectivity index (χ1) is 24.7. The van der Waals surface area contributed by atoms with Gasteiger partial charge in [0.1, 0.15) is 0 Å². The molecule has 30 nitrogen and oxygen atoms in total. The molecule has 0 aliphatic carbocycles. The summed E-state index contributed by atoms with van der Waals surface area (Å²) in [7, 11) is -44.1. The van der Waals surface area contributed by atoms with Crippen LogP contribution in [0.25, 0.3) is 0 Å². The molecule has 0 aromatic rings. The minimum Gasteiger partial charge on any atom is -0.810 e. The largest absolute Gasteiger partial charge is 1.00 e. The van der Waals surface area contributed by atoms with Crippen molar-refractivity contribution in [2.45, 2.75) is 0 Å². The SMILES string of the molecule is O=P([O-])([O-])CN(CCN(CCN(CCN(CP(=O)([O-])[O-])CP(=O)([O-])[O-])CP(=O)([O-])[O-])CP(=O)([O-])[O-])CCN(CCN(CP(=O)([O-])[O-])CP(=O)([O-])[O-])CP(=O)([O-])[O-].[H+].[H+].[H+].[H+].[H+].[H+].[H+].[H+].[K+].[K+].[K+].[K+].[K+].[K+].[K+].[K+]. The predicted octanol–water partition coefficient (Wildman–Crippen LogP) is -37.3. The molecule has 0 heterocycles. The normalized spacial score (nSPS) is 12.9. The van der Waals surface area contributed by atoms with E-state index in [0.717, 1.165) is 9.80 Å². The molecule has 0 N–H and O–H groups in total. The van der Waals surface area contributed by atoms with Crippen molar-refractivity contribution in [1.29, 1.82) is 0 Å². The summed E-state index contributed by atoms with van der Waals surface area (Å²) in [4.78, 5) is 185. The fourth-order valence-electron chi connectivity index (χ4n) is 4.76. The van der Waals surface area contributed by atoms with E-state index in [9.17, 15) is 115 Å². The summed E-state index contributed by atoms with van der Waals surface area (Å²) in [5, 5.41) is 0. The zero-order valence-corrected chi connectivity index (χ0v) is 68.9. The zero-order chi connectivity index (χ0) is 44.2. The van der Waals surface area contributed by atoms with E-state index in [4.69, 9.17) is 0 Å². The first-order valence-electron chi connectivity index (χ1n) is 15.1. The molecule has 0 bridgehead atoms. The maximum atomic E-state index is 11.6. The molecule has 0 aliphatic heterocycles. The molecule has 64 heavy (non-hydrogen) atoms. The summed E-state index contributed by atoms with van der Waals surface area (Å²) in [5.41, 5.74) is 0. The van der Waals surface area contributed by atoms with E-state index in [0.29, 0.717) is 19.6 Å². The van der Waals surface area contributed by atoms with E-state index < -0.39 is 177 Å². The Hall–Kier alpha value is 14.1. The molecule has 46 heteroatoms. The van der Waals surface area contributed by atoms with E-state index >= 15 is 0 Å². The maximum Gasteiger partial charge on any atom is 1.00 e. The number of hydrogen-bond donors (Lipinski definition) is 0. The van der Waals surface area contributed by atoms with Gasteiger partial charge in [-0.3, -0.25) is 29.4 Å². The van der Waals surface area contributed by atoms with Crippen LogP contribution >= 0.6 is 60.8 Å². The second kappa shape index (κ2) is 46.4. The van der Waals surface area contributed by atoms with Crippen LogP contribution in [0.1, 0.15) is 11.4 Å². The fraction of sp³-hybridized carbons (Fsp3) is 1.00. The van der Waals surface area contributed by atoms with Gasteiger partial charge in [-0.2, -0.15) is 0 Å². The summed E-state index contributed by atoms with van der Waals surface area (Å²) in [5.74, 6) is 0. The molecule has 0 spiro atoms.